The van der Waals surface area contributed by atoms with E-state index >= 15 is 0 Å². The Morgan fingerprint density at radius 2 is 2.04 bits per heavy atom. The minimum absolute atomic E-state index is 0.361. The van der Waals surface area contributed by atoms with Crippen molar-refractivity contribution in [3.8, 4) is 0 Å². The van der Waals surface area contributed by atoms with E-state index in [2.05, 4.69) is 20.8 Å². The number of benzene rings is 1. The van der Waals surface area contributed by atoms with Gasteiger partial charge in [0, 0.05) is 23.8 Å². The number of rotatable bonds is 4. The number of aryl methyl sites for hydroxylation is 2. The normalized spacial score (nSPS) is 10.8. The average molecular weight is 393 g/mol. The van der Waals surface area contributed by atoms with Crippen LogP contribution < -0.4 is 10.6 Å². The molecule has 0 atom stereocenters. The van der Waals surface area contributed by atoms with Crippen LogP contribution in [0.25, 0.3) is 0 Å². The Kier molecular flexibility index (Phi) is 5.24. The Morgan fingerprint density at radius 1 is 1.27 bits per heavy atom. The van der Waals surface area contributed by atoms with Crippen LogP contribution in [0.1, 0.15) is 17.0 Å². The van der Waals surface area contributed by atoms with Gasteiger partial charge in [0.05, 0.1) is 24.1 Å². The maximum Gasteiger partial charge on any atom is 0.176 e. The molecule has 0 saturated carbocycles. The first-order valence-corrected chi connectivity index (χ1v) is 8.67. The molecule has 136 valence electrons. The minimum Gasteiger partial charge on any atom is -0.330 e. The van der Waals surface area contributed by atoms with Crippen LogP contribution in [0.5, 0.6) is 0 Å². The highest BCUT2D eigenvalue weighted by molar-refractivity contribution is 7.80. The lowest BCUT2D eigenvalue weighted by molar-refractivity contribution is 0.623. The molecule has 0 aliphatic heterocycles. The number of hydrogen-bond acceptors (Lipinski definition) is 3. The molecule has 9 heteroatoms. The highest BCUT2D eigenvalue weighted by atomic mass is 35.5. The fraction of sp³-hybridized carbons (Fsp3) is 0.235. The fourth-order valence-electron chi connectivity index (χ4n) is 2.43. The molecule has 26 heavy (non-hydrogen) atoms. The third-order valence-electron chi connectivity index (χ3n) is 4.04. The minimum atomic E-state index is -0.361. The van der Waals surface area contributed by atoms with Crippen molar-refractivity contribution in [2.24, 2.45) is 7.05 Å². The van der Waals surface area contributed by atoms with E-state index in [-0.39, 0.29) is 5.82 Å². The zero-order chi connectivity index (χ0) is 18.8. The van der Waals surface area contributed by atoms with Crippen LogP contribution in [-0.4, -0.2) is 24.7 Å². The van der Waals surface area contributed by atoms with E-state index in [1.807, 2.05) is 27.0 Å². The van der Waals surface area contributed by atoms with Gasteiger partial charge in [-0.3, -0.25) is 9.36 Å². The van der Waals surface area contributed by atoms with Crippen LogP contribution in [0.4, 0.5) is 15.9 Å². The van der Waals surface area contributed by atoms with Gasteiger partial charge in [-0.05, 0) is 43.8 Å². The molecule has 0 saturated heterocycles. The van der Waals surface area contributed by atoms with Gasteiger partial charge in [-0.2, -0.15) is 10.2 Å². The lowest BCUT2D eigenvalue weighted by atomic mass is 10.2. The smallest absolute Gasteiger partial charge is 0.176 e. The zero-order valence-corrected chi connectivity index (χ0v) is 16.1. The van der Waals surface area contributed by atoms with Gasteiger partial charge in [-0.1, -0.05) is 17.7 Å². The first-order chi connectivity index (χ1) is 12.3. The molecule has 0 aliphatic carbocycles. The van der Waals surface area contributed by atoms with Gasteiger partial charge in [0.25, 0.3) is 0 Å². The van der Waals surface area contributed by atoms with E-state index in [4.69, 9.17) is 23.8 Å². The Labute approximate surface area is 161 Å². The van der Waals surface area contributed by atoms with Gasteiger partial charge in [0.15, 0.2) is 10.9 Å². The van der Waals surface area contributed by atoms with E-state index in [9.17, 15) is 4.39 Å². The molecule has 3 aromatic rings. The molecule has 0 radical (unpaired) electrons. The molecular weight excluding hydrogens is 375 g/mol. The van der Waals surface area contributed by atoms with Crippen molar-refractivity contribution in [2.75, 3.05) is 10.6 Å². The number of nitrogens with zero attached hydrogens (tertiary/aromatic N) is 4. The van der Waals surface area contributed by atoms with Gasteiger partial charge < -0.3 is 10.6 Å². The molecule has 2 N–H and O–H groups in total. The predicted molar refractivity (Wildman–Crippen MR) is 105 cm³/mol. The molecule has 0 spiro atoms. The second-order valence-electron chi connectivity index (χ2n) is 5.91. The molecule has 0 unspecified atom stereocenters. The Morgan fingerprint density at radius 3 is 2.69 bits per heavy atom. The highest BCUT2D eigenvalue weighted by Gasteiger charge is 2.10. The molecule has 0 bridgehead atoms. The third kappa shape index (κ3) is 4.03. The van der Waals surface area contributed by atoms with Gasteiger partial charge in [-0.15, -0.1) is 0 Å². The van der Waals surface area contributed by atoms with Crippen LogP contribution in [0.3, 0.4) is 0 Å². The van der Waals surface area contributed by atoms with E-state index < -0.39 is 0 Å². The van der Waals surface area contributed by atoms with Gasteiger partial charge in [-0.25, -0.2) is 4.39 Å². The zero-order valence-electron chi connectivity index (χ0n) is 14.5. The summed E-state index contributed by atoms with van der Waals surface area (Å²) in [5.41, 5.74) is 3.52. The SMILES string of the molecule is Cc1c(NC(=S)Nc2cc(C)n(Cc3ccc(F)cc3Cl)n2)cnn1C. The summed E-state index contributed by atoms with van der Waals surface area (Å²) >= 11 is 11.4. The number of anilines is 2. The Bertz CT molecular complexity index is 964. The molecule has 0 aliphatic rings. The Balaban J connectivity index is 1.69. The van der Waals surface area contributed by atoms with E-state index in [0.29, 0.717) is 22.5 Å². The van der Waals surface area contributed by atoms with Crippen molar-refractivity contribution in [3.63, 3.8) is 0 Å². The fourth-order valence-corrected chi connectivity index (χ4v) is 2.88. The monoisotopic (exact) mass is 392 g/mol. The van der Waals surface area contributed by atoms with Crippen molar-refractivity contribution >= 4 is 40.4 Å². The van der Waals surface area contributed by atoms with Crippen molar-refractivity contribution in [1.29, 1.82) is 0 Å². The summed E-state index contributed by atoms with van der Waals surface area (Å²) in [7, 11) is 1.86. The summed E-state index contributed by atoms with van der Waals surface area (Å²) < 4.78 is 16.7. The first-order valence-electron chi connectivity index (χ1n) is 7.88. The summed E-state index contributed by atoms with van der Waals surface area (Å²) in [6.45, 7) is 4.31. The summed E-state index contributed by atoms with van der Waals surface area (Å²) in [6.07, 6.45) is 1.71. The van der Waals surface area contributed by atoms with E-state index in [0.717, 1.165) is 22.6 Å². The molecule has 3 rings (SSSR count). The topological polar surface area (TPSA) is 59.7 Å². The van der Waals surface area contributed by atoms with Crippen molar-refractivity contribution in [3.05, 3.63) is 58.3 Å². The predicted octanol–water partition coefficient (Wildman–Crippen LogP) is 3.88. The Hall–Kier alpha value is -2.45. The maximum absolute atomic E-state index is 13.2. The molecular formula is C17H18ClFN6S. The van der Waals surface area contributed by atoms with Crippen molar-refractivity contribution < 1.29 is 4.39 Å². The van der Waals surface area contributed by atoms with Crippen LogP contribution in [0.15, 0.2) is 30.5 Å². The summed E-state index contributed by atoms with van der Waals surface area (Å²) in [6, 6.07) is 6.21. The van der Waals surface area contributed by atoms with Crippen LogP contribution >= 0.6 is 23.8 Å². The third-order valence-corrected chi connectivity index (χ3v) is 4.60. The molecule has 6 nitrogen and oxygen atoms in total. The van der Waals surface area contributed by atoms with Gasteiger partial charge in [0.2, 0.25) is 0 Å². The van der Waals surface area contributed by atoms with E-state index in [1.165, 1.54) is 12.1 Å². The standard InChI is InChI=1S/C17H18ClFN6S/c1-10-6-16(22-17(26)21-15-8-20-24(3)11(15)2)23-25(10)9-12-4-5-13(19)7-14(12)18/h4-8H,9H2,1-3H3,(H2,21,22,23,26). The second-order valence-corrected chi connectivity index (χ2v) is 6.73. The molecule has 1 aromatic carbocycles. The lowest BCUT2D eigenvalue weighted by Crippen LogP contribution is -2.20. The molecule has 2 heterocycles. The van der Waals surface area contributed by atoms with Crippen molar-refractivity contribution in [2.45, 2.75) is 20.4 Å². The van der Waals surface area contributed by atoms with Crippen LogP contribution in [-0.2, 0) is 13.6 Å². The number of nitrogens with one attached hydrogen (secondary N) is 2. The number of hydrogen-bond donors (Lipinski definition) is 2. The number of halogens is 2. The van der Waals surface area contributed by atoms with E-state index in [1.54, 1.807) is 21.6 Å². The molecule has 0 amide bonds. The summed E-state index contributed by atoms with van der Waals surface area (Å²) in [5.74, 6) is 0.250. The largest absolute Gasteiger partial charge is 0.330 e. The highest BCUT2D eigenvalue weighted by Crippen LogP contribution is 2.20. The van der Waals surface area contributed by atoms with Crippen molar-refractivity contribution in [1.82, 2.24) is 19.6 Å². The lowest BCUT2D eigenvalue weighted by Gasteiger charge is -2.08. The van der Waals surface area contributed by atoms with Crippen LogP contribution in [0.2, 0.25) is 5.02 Å². The molecule has 0 fully saturated rings. The van der Waals surface area contributed by atoms with Gasteiger partial charge in [0.1, 0.15) is 5.82 Å². The first kappa shape index (κ1) is 18.3. The van der Waals surface area contributed by atoms with Crippen LogP contribution in [0, 0.1) is 19.7 Å². The summed E-state index contributed by atoms with van der Waals surface area (Å²) in [5, 5.41) is 15.6. The molecule has 2 aromatic heterocycles. The van der Waals surface area contributed by atoms with Gasteiger partial charge >= 0.3 is 0 Å². The average Bonchev–Trinajstić information content (AvgIpc) is 3.06. The summed E-state index contributed by atoms with van der Waals surface area (Å²) in [4.78, 5) is 0. The maximum atomic E-state index is 13.2. The second kappa shape index (κ2) is 7.43. The number of aromatic nitrogens is 4. The number of thiocarbonyl (C=S) groups is 1. The quantitative estimate of drug-likeness (QED) is 0.660.